The molecule has 4 atom stereocenters. The maximum Gasteiger partial charge on any atom is 0.227 e. The highest BCUT2D eigenvalue weighted by Gasteiger charge is 2.42. The summed E-state index contributed by atoms with van der Waals surface area (Å²) in [7, 11) is 0. The van der Waals surface area contributed by atoms with Gasteiger partial charge >= 0.3 is 0 Å². The fourth-order valence-corrected chi connectivity index (χ4v) is 3.42. The van der Waals surface area contributed by atoms with Gasteiger partial charge in [-0.05, 0) is 44.4 Å². The molecular weight excluding hydrogens is 212 g/mol. The molecule has 2 fully saturated rings. The lowest BCUT2D eigenvalue weighted by Crippen LogP contribution is -2.48. The molecule has 0 aliphatic heterocycles. The van der Waals surface area contributed by atoms with Crippen LogP contribution in [0, 0.1) is 17.3 Å². The van der Waals surface area contributed by atoms with Crippen molar-refractivity contribution in [1.82, 2.24) is 5.32 Å². The maximum atomic E-state index is 12.2. The lowest BCUT2D eigenvalue weighted by Gasteiger charge is -2.28. The monoisotopic (exact) mass is 238 g/mol. The van der Waals surface area contributed by atoms with Crippen molar-refractivity contribution in [3.8, 4) is 0 Å². The fraction of sp³-hybridized carbons (Fsp3) is 0.929. The Morgan fingerprint density at radius 3 is 2.71 bits per heavy atom. The average molecular weight is 238 g/mol. The van der Waals surface area contributed by atoms with E-state index in [4.69, 9.17) is 5.73 Å². The van der Waals surface area contributed by atoms with Crippen molar-refractivity contribution in [1.29, 1.82) is 0 Å². The Morgan fingerprint density at radius 2 is 2.18 bits per heavy atom. The van der Waals surface area contributed by atoms with Crippen LogP contribution in [0.15, 0.2) is 0 Å². The highest BCUT2D eigenvalue weighted by atomic mass is 16.2. The van der Waals surface area contributed by atoms with E-state index in [1.165, 1.54) is 19.3 Å². The van der Waals surface area contributed by atoms with Gasteiger partial charge in [-0.1, -0.05) is 19.8 Å². The van der Waals surface area contributed by atoms with Crippen molar-refractivity contribution in [2.24, 2.45) is 23.0 Å². The second-order valence-corrected chi connectivity index (χ2v) is 6.41. The minimum Gasteiger partial charge on any atom is -0.355 e. The highest BCUT2D eigenvalue weighted by Crippen LogP contribution is 2.37. The molecule has 0 spiro atoms. The van der Waals surface area contributed by atoms with E-state index in [1.54, 1.807) is 0 Å². The highest BCUT2D eigenvalue weighted by molar-refractivity contribution is 5.83. The molecule has 0 saturated heterocycles. The topological polar surface area (TPSA) is 55.1 Å². The summed E-state index contributed by atoms with van der Waals surface area (Å²) >= 11 is 0. The summed E-state index contributed by atoms with van der Waals surface area (Å²) < 4.78 is 0. The molecule has 3 nitrogen and oxygen atoms in total. The third kappa shape index (κ3) is 2.65. The number of carbonyl (C=O) groups excluding carboxylic acids is 1. The summed E-state index contributed by atoms with van der Waals surface area (Å²) in [5.41, 5.74) is 5.74. The Balaban J connectivity index is 1.81. The van der Waals surface area contributed by atoms with Gasteiger partial charge in [-0.25, -0.2) is 0 Å². The average Bonchev–Trinajstić information content (AvgIpc) is 2.84. The van der Waals surface area contributed by atoms with Crippen LogP contribution in [0.4, 0.5) is 0 Å². The van der Waals surface area contributed by atoms with E-state index < -0.39 is 0 Å². The molecule has 0 heterocycles. The number of amides is 1. The van der Waals surface area contributed by atoms with Crippen LogP contribution in [-0.2, 0) is 4.79 Å². The molecule has 4 unspecified atom stereocenters. The van der Waals surface area contributed by atoms with Gasteiger partial charge in [-0.15, -0.1) is 0 Å². The van der Waals surface area contributed by atoms with Crippen LogP contribution in [0.1, 0.15) is 52.4 Å². The SMILES string of the molecule is CC1CCC(CNC(=O)C2(C)CCCC2N)C1. The quantitative estimate of drug-likeness (QED) is 0.790. The molecule has 17 heavy (non-hydrogen) atoms. The third-order valence-corrected chi connectivity index (χ3v) is 4.90. The largest absolute Gasteiger partial charge is 0.355 e. The van der Waals surface area contributed by atoms with Crippen molar-refractivity contribution >= 4 is 5.91 Å². The standard InChI is InChI=1S/C14H26N2O/c1-10-5-6-11(8-10)9-16-13(17)14(2)7-3-4-12(14)15/h10-12H,3-9,15H2,1-2H3,(H,16,17). The molecule has 0 aromatic heterocycles. The minimum atomic E-state index is -0.315. The molecule has 98 valence electrons. The van der Waals surface area contributed by atoms with E-state index >= 15 is 0 Å². The van der Waals surface area contributed by atoms with Crippen molar-refractivity contribution in [3.63, 3.8) is 0 Å². The lowest BCUT2D eigenvalue weighted by atomic mass is 9.84. The zero-order chi connectivity index (χ0) is 12.5. The number of carbonyl (C=O) groups is 1. The van der Waals surface area contributed by atoms with E-state index in [0.29, 0.717) is 5.92 Å². The summed E-state index contributed by atoms with van der Waals surface area (Å²) in [5.74, 6) is 1.71. The maximum absolute atomic E-state index is 12.2. The van der Waals surface area contributed by atoms with Crippen molar-refractivity contribution < 1.29 is 4.79 Å². The van der Waals surface area contributed by atoms with E-state index in [2.05, 4.69) is 12.2 Å². The van der Waals surface area contributed by atoms with Gasteiger partial charge in [0.1, 0.15) is 0 Å². The second-order valence-electron chi connectivity index (χ2n) is 6.41. The van der Waals surface area contributed by atoms with E-state index in [0.717, 1.165) is 31.7 Å². The molecule has 3 heteroatoms. The van der Waals surface area contributed by atoms with Crippen LogP contribution < -0.4 is 11.1 Å². The Labute approximate surface area is 105 Å². The molecular formula is C14H26N2O. The predicted octanol–water partition coefficient (Wildman–Crippen LogP) is 2.06. The van der Waals surface area contributed by atoms with Gasteiger partial charge in [0, 0.05) is 12.6 Å². The van der Waals surface area contributed by atoms with E-state index in [1.807, 2.05) is 6.92 Å². The molecule has 2 saturated carbocycles. The first kappa shape index (κ1) is 12.9. The summed E-state index contributed by atoms with van der Waals surface area (Å²) in [4.78, 5) is 12.2. The molecule has 1 amide bonds. The zero-order valence-electron chi connectivity index (χ0n) is 11.2. The van der Waals surface area contributed by atoms with Crippen molar-refractivity contribution in [2.75, 3.05) is 6.54 Å². The summed E-state index contributed by atoms with van der Waals surface area (Å²) in [6, 6.07) is 0.0463. The molecule has 3 N–H and O–H groups in total. The van der Waals surface area contributed by atoms with Crippen LogP contribution in [0.2, 0.25) is 0 Å². The van der Waals surface area contributed by atoms with Crippen LogP contribution in [-0.4, -0.2) is 18.5 Å². The normalized spacial score (nSPS) is 41.7. The second kappa shape index (κ2) is 4.97. The Morgan fingerprint density at radius 1 is 1.41 bits per heavy atom. The van der Waals surface area contributed by atoms with Gasteiger partial charge in [0.15, 0.2) is 0 Å². The number of rotatable bonds is 3. The molecule has 2 aliphatic rings. The molecule has 0 aromatic carbocycles. The van der Waals surface area contributed by atoms with E-state index in [9.17, 15) is 4.79 Å². The number of nitrogens with two attached hydrogens (primary N) is 1. The van der Waals surface area contributed by atoms with Gasteiger partial charge < -0.3 is 11.1 Å². The van der Waals surface area contributed by atoms with Crippen LogP contribution in [0.25, 0.3) is 0 Å². The number of hydrogen-bond donors (Lipinski definition) is 2. The molecule has 2 rings (SSSR count). The van der Waals surface area contributed by atoms with Crippen molar-refractivity contribution in [2.45, 2.75) is 58.4 Å². The summed E-state index contributed by atoms with van der Waals surface area (Å²) in [6.45, 7) is 5.18. The number of nitrogens with one attached hydrogen (secondary N) is 1. The smallest absolute Gasteiger partial charge is 0.227 e. The predicted molar refractivity (Wildman–Crippen MR) is 69.4 cm³/mol. The Kier molecular flexibility index (Phi) is 3.76. The molecule has 0 aromatic rings. The molecule has 2 aliphatic carbocycles. The fourth-order valence-electron chi connectivity index (χ4n) is 3.42. The Bertz CT molecular complexity index is 292. The summed E-state index contributed by atoms with van der Waals surface area (Å²) in [6.07, 6.45) is 6.88. The first-order valence-electron chi connectivity index (χ1n) is 7.06. The van der Waals surface area contributed by atoms with Gasteiger partial charge in [0.25, 0.3) is 0 Å². The minimum absolute atomic E-state index is 0.0463. The number of hydrogen-bond acceptors (Lipinski definition) is 2. The first-order chi connectivity index (χ1) is 8.02. The first-order valence-corrected chi connectivity index (χ1v) is 7.06. The molecule has 0 bridgehead atoms. The zero-order valence-corrected chi connectivity index (χ0v) is 11.2. The summed E-state index contributed by atoms with van der Waals surface area (Å²) in [5, 5.41) is 3.14. The lowest BCUT2D eigenvalue weighted by molar-refractivity contribution is -0.130. The van der Waals surface area contributed by atoms with E-state index in [-0.39, 0.29) is 17.4 Å². The van der Waals surface area contributed by atoms with Crippen LogP contribution in [0.3, 0.4) is 0 Å². The molecule has 0 radical (unpaired) electrons. The Hall–Kier alpha value is -0.570. The van der Waals surface area contributed by atoms with Crippen LogP contribution in [0.5, 0.6) is 0 Å². The third-order valence-electron chi connectivity index (χ3n) is 4.90. The van der Waals surface area contributed by atoms with Crippen LogP contribution >= 0.6 is 0 Å². The van der Waals surface area contributed by atoms with Gasteiger partial charge in [0.2, 0.25) is 5.91 Å². The van der Waals surface area contributed by atoms with Gasteiger partial charge in [-0.2, -0.15) is 0 Å². The van der Waals surface area contributed by atoms with Gasteiger partial charge in [0.05, 0.1) is 5.41 Å². The van der Waals surface area contributed by atoms with Gasteiger partial charge in [-0.3, -0.25) is 4.79 Å². The van der Waals surface area contributed by atoms with Crippen molar-refractivity contribution in [3.05, 3.63) is 0 Å².